The quantitative estimate of drug-likeness (QED) is 0.510. The predicted octanol–water partition coefficient (Wildman–Crippen LogP) is 5.08. The van der Waals surface area contributed by atoms with E-state index < -0.39 is 0 Å². The molecule has 0 N–H and O–H groups in total. The fraction of sp³-hybridized carbons (Fsp3) is 0.368. The molecule has 0 amide bonds. The van der Waals surface area contributed by atoms with Gasteiger partial charge in [-0.2, -0.15) is 0 Å². The number of nitrogens with zero attached hydrogens (tertiary/aromatic N) is 2. The molecule has 0 aliphatic carbocycles. The third-order valence-corrected chi connectivity index (χ3v) is 6.65. The first-order valence-corrected chi connectivity index (χ1v) is 11.0. The lowest BCUT2D eigenvalue weighted by atomic mass is 9.95. The SMILES string of the molecule is CSN1C(Cc2ccccc2)C(c2ccccc2)N(SC)C1CCl. The summed E-state index contributed by atoms with van der Waals surface area (Å²) in [6.45, 7) is 0. The maximum Gasteiger partial charge on any atom is 0.0962 e. The standard InChI is InChI=1S/C19H23ClN2S2/c1-23-21-17(13-15-9-5-3-6-10-15)19(16-11-7-4-8-12-16)22(24-2)18(21)14-20/h3-12,17-19H,13-14H2,1-2H3. The van der Waals surface area contributed by atoms with Crippen LogP contribution in [0.2, 0.25) is 0 Å². The van der Waals surface area contributed by atoms with E-state index in [0.29, 0.717) is 18.0 Å². The van der Waals surface area contributed by atoms with Gasteiger partial charge in [0, 0.05) is 6.04 Å². The van der Waals surface area contributed by atoms with Gasteiger partial charge in [0.15, 0.2) is 0 Å². The van der Waals surface area contributed by atoms with Crippen LogP contribution in [0.15, 0.2) is 60.7 Å². The molecule has 0 spiro atoms. The lowest BCUT2D eigenvalue weighted by Crippen LogP contribution is -2.35. The van der Waals surface area contributed by atoms with Crippen LogP contribution in [0.5, 0.6) is 0 Å². The van der Waals surface area contributed by atoms with Crippen molar-refractivity contribution in [3.05, 3.63) is 71.8 Å². The summed E-state index contributed by atoms with van der Waals surface area (Å²) in [5.41, 5.74) is 2.73. The molecule has 1 heterocycles. The summed E-state index contributed by atoms with van der Waals surface area (Å²) in [4.78, 5) is 0. The fourth-order valence-electron chi connectivity index (χ4n) is 3.53. The van der Waals surface area contributed by atoms with Gasteiger partial charge in [-0.25, -0.2) is 8.61 Å². The molecule has 5 heteroatoms. The van der Waals surface area contributed by atoms with Crippen molar-refractivity contribution >= 4 is 35.5 Å². The van der Waals surface area contributed by atoms with Gasteiger partial charge in [-0.15, -0.1) is 11.6 Å². The summed E-state index contributed by atoms with van der Waals surface area (Å²) < 4.78 is 4.95. The Hall–Kier alpha value is -0.650. The van der Waals surface area contributed by atoms with Gasteiger partial charge in [-0.3, -0.25) is 0 Å². The first-order chi connectivity index (χ1) is 11.8. The van der Waals surface area contributed by atoms with E-state index >= 15 is 0 Å². The third kappa shape index (κ3) is 3.63. The molecule has 0 aromatic heterocycles. The maximum absolute atomic E-state index is 6.37. The average molecular weight is 379 g/mol. The van der Waals surface area contributed by atoms with Crippen LogP contribution in [0.4, 0.5) is 0 Å². The average Bonchev–Trinajstić information content (AvgIpc) is 2.95. The van der Waals surface area contributed by atoms with Crippen molar-refractivity contribution in [2.24, 2.45) is 0 Å². The normalized spacial score (nSPS) is 25.2. The summed E-state index contributed by atoms with van der Waals surface area (Å²) >= 11 is 9.97. The zero-order valence-corrected chi connectivity index (χ0v) is 16.4. The Morgan fingerprint density at radius 2 is 1.46 bits per heavy atom. The summed E-state index contributed by atoms with van der Waals surface area (Å²) in [5.74, 6) is 0.607. The van der Waals surface area contributed by atoms with Gasteiger partial charge < -0.3 is 0 Å². The van der Waals surface area contributed by atoms with Crippen molar-refractivity contribution in [3.63, 3.8) is 0 Å². The van der Waals surface area contributed by atoms with Crippen molar-refractivity contribution < 1.29 is 0 Å². The summed E-state index contributed by atoms with van der Waals surface area (Å²) in [5, 5.41) is 0. The molecule has 3 unspecified atom stereocenters. The van der Waals surface area contributed by atoms with Crippen molar-refractivity contribution in [1.29, 1.82) is 0 Å². The second-order valence-corrected chi connectivity index (χ2v) is 7.71. The monoisotopic (exact) mass is 378 g/mol. The lowest BCUT2D eigenvalue weighted by Gasteiger charge is -2.27. The molecule has 0 radical (unpaired) electrons. The van der Waals surface area contributed by atoms with Gasteiger partial charge in [-0.05, 0) is 30.1 Å². The van der Waals surface area contributed by atoms with Crippen LogP contribution >= 0.6 is 35.5 Å². The van der Waals surface area contributed by atoms with Crippen LogP contribution in [-0.4, -0.2) is 39.2 Å². The highest BCUT2D eigenvalue weighted by Crippen LogP contribution is 2.45. The Bertz CT molecular complexity index is 626. The molecular weight excluding hydrogens is 356 g/mol. The van der Waals surface area contributed by atoms with Crippen LogP contribution in [-0.2, 0) is 6.42 Å². The number of benzene rings is 2. The molecule has 3 rings (SSSR count). The van der Waals surface area contributed by atoms with Gasteiger partial charge in [0.05, 0.1) is 18.1 Å². The zero-order valence-electron chi connectivity index (χ0n) is 14.0. The molecule has 2 aromatic carbocycles. The van der Waals surface area contributed by atoms with Crippen molar-refractivity contribution in [3.8, 4) is 0 Å². The van der Waals surface area contributed by atoms with Crippen LogP contribution < -0.4 is 0 Å². The Labute approximate surface area is 158 Å². The van der Waals surface area contributed by atoms with E-state index in [2.05, 4.69) is 81.8 Å². The van der Waals surface area contributed by atoms with E-state index in [4.69, 9.17) is 11.6 Å². The van der Waals surface area contributed by atoms with Gasteiger partial charge in [0.25, 0.3) is 0 Å². The largest absolute Gasteiger partial charge is 0.227 e. The van der Waals surface area contributed by atoms with Gasteiger partial charge in [-0.1, -0.05) is 84.6 Å². The third-order valence-electron chi connectivity index (χ3n) is 4.54. The van der Waals surface area contributed by atoms with E-state index in [-0.39, 0.29) is 6.17 Å². The van der Waals surface area contributed by atoms with Gasteiger partial charge in [0.2, 0.25) is 0 Å². The van der Waals surface area contributed by atoms with Crippen LogP contribution in [0.1, 0.15) is 17.2 Å². The minimum absolute atomic E-state index is 0.232. The highest BCUT2D eigenvalue weighted by Gasteiger charge is 2.47. The molecule has 128 valence electrons. The molecule has 1 saturated heterocycles. The zero-order chi connectivity index (χ0) is 16.9. The number of rotatable bonds is 6. The Morgan fingerprint density at radius 3 is 2.00 bits per heavy atom. The molecule has 2 nitrogen and oxygen atoms in total. The minimum Gasteiger partial charge on any atom is -0.227 e. The first kappa shape index (κ1) is 18.2. The van der Waals surface area contributed by atoms with Crippen LogP contribution in [0.25, 0.3) is 0 Å². The van der Waals surface area contributed by atoms with Gasteiger partial charge >= 0.3 is 0 Å². The lowest BCUT2D eigenvalue weighted by molar-refractivity contribution is 0.326. The van der Waals surface area contributed by atoms with Crippen molar-refractivity contribution in [2.45, 2.75) is 24.7 Å². The summed E-state index contributed by atoms with van der Waals surface area (Å²) in [7, 11) is 0. The Kier molecular flexibility index (Phi) is 6.53. The van der Waals surface area contributed by atoms with Crippen LogP contribution in [0.3, 0.4) is 0 Å². The Balaban J connectivity index is 1.99. The second-order valence-electron chi connectivity index (χ2n) is 5.83. The highest BCUT2D eigenvalue weighted by molar-refractivity contribution is 7.97. The van der Waals surface area contributed by atoms with E-state index in [1.165, 1.54) is 11.1 Å². The molecule has 24 heavy (non-hydrogen) atoms. The highest BCUT2D eigenvalue weighted by atomic mass is 35.5. The number of hydrogen-bond donors (Lipinski definition) is 0. The van der Waals surface area contributed by atoms with E-state index in [1.807, 2.05) is 0 Å². The predicted molar refractivity (Wildman–Crippen MR) is 108 cm³/mol. The van der Waals surface area contributed by atoms with Crippen molar-refractivity contribution in [2.75, 3.05) is 18.4 Å². The summed E-state index contributed by atoms with van der Waals surface area (Å²) in [6.07, 6.45) is 5.56. The molecule has 2 aromatic rings. The van der Waals surface area contributed by atoms with E-state index in [9.17, 15) is 0 Å². The smallest absolute Gasteiger partial charge is 0.0962 e. The fourth-order valence-corrected chi connectivity index (χ4v) is 5.84. The number of alkyl halides is 1. The van der Waals surface area contributed by atoms with Gasteiger partial charge in [0.1, 0.15) is 0 Å². The first-order valence-electron chi connectivity index (χ1n) is 8.10. The second kappa shape index (κ2) is 8.63. The molecule has 1 aliphatic rings. The maximum atomic E-state index is 6.37. The minimum atomic E-state index is 0.232. The van der Waals surface area contributed by atoms with E-state index in [1.54, 1.807) is 23.9 Å². The molecule has 1 aliphatic heterocycles. The molecular formula is C19H23ClN2S2. The number of halogens is 1. The van der Waals surface area contributed by atoms with Crippen LogP contribution in [0, 0.1) is 0 Å². The molecule has 1 fully saturated rings. The Morgan fingerprint density at radius 1 is 0.875 bits per heavy atom. The number of hydrogen-bond acceptors (Lipinski definition) is 4. The van der Waals surface area contributed by atoms with Crippen molar-refractivity contribution in [1.82, 2.24) is 8.61 Å². The molecule has 0 saturated carbocycles. The molecule has 3 atom stereocenters. The van der Waals surface area contributed by atoms with E-state index in [0.717, 1.165) is 6.42 Å². The summed E-state index contributed by atoms with van der Waals surface area (Å²) in [6, 6.07) is 22.3. The topological polar surface area (TPSA) is 6.48 Å². The molecule has 0 bridgehead atoms.